The highest BCUT2D eigenvalue weighted by molar-refractivity contribution is 9.10. The van der Waals surface area contributed by atoms with Crippen LogP contribution < -0.4 is 5.49 Å². The van der Waals surface area contributed by atoms with Gasteiger partial charge in [-0.25, -0.2) is 4.68 Å². The first-order chi connectivity index (χ1) is 7.06. The fraction of sp³-hybridized carbons (Fsp3) is 0.400. The Morgan fingerprint density at radius 2 is 2.13 bits per heavy atom. The van der Waals surface area contributed by atoms with E-state index >= 15 is 0 Å². The summed E-state index contributed by atoms with van der Waals surface area (Å²) in [5, 5.41) is 4.47. The molecule has 84 valence electrons. The van der Waals surface area contributed by atoms with E-state index < -0.39 is 0 Å². The minimum absolute atomic E-state index is 0.405. The van der Waals surface area contributed by atoms with Gasteiger partial charge in [0.05, 0.1) is 4.47 Å². The van der Waals surface area contributed by atoms with Gasteiger partial charge in [-0.2, -0.15) is 5.10 Å². The molecule has 15 heavy (non-hydrogen) atoms. The normalized spacial score (nSPS) is 10.7. The fourth-order valence-corrected chi connectivity index (χ4v) is 1.79. The Labute approximate surface area is 104 Å². The Kier molecular flexibility index (Phi) is 6.52. The molecule has 0 N–H and O–H groups in total. The fourth-order valence-electron chi connectivity index (χ4n) is 0.910. The van der Waals surface area contributed by atoms with Gasteiger partial charge in [0.1, 0.15) is 0 Å². The average Bonchev–Trinajstić information content (AvgIpc) is 2.19. The highest BCUT2D eigenvalue weighted by Gasteiger charge is 2.02. The molecule has 5 heteroatoms. The van der Waals surface area contributed by atoms with Gasteiger partial charge < -0.3 is 0 Å². The van der Waals surface area contributed by atoms with E-state index in [1.807, 2.05) is 20.8 Å². The lowest BCUT2D eigenvalue weighted by atomic mass is 10.5. The molecule has 0 aliphatic carbocycles. The SMILES string of the molecule is C=C(C)n1nc(Cl)cc(Br)c1=NC.CC. The standard InChI is InChI=1S/C8H9BrClN3.C2H6/c1-5(2)13-8(11-3)6(9)4-7(10)12-13;1-2/h4H,1H2,2-3H3;1-2H3. The van der Waals surface area contributed by atoms with Crippen LogP contribution in [0.15, 0.2) is 22.1 Å². The predicted octanol–water partition coefficient (Wildman–Crippen LogP) is 3.35. The monoisotopic (exact) mass is 291 g/mol. The Morgan fingerprint density at radius 1 is 1.60 bits per heavy atom. The van der Waals surface area contributed by atoms with Gasteiger partial charge in [0.2, 0.25) is 0 Å². The van der Waals surface area contributed by atoms with E-state index in [0.29, 0.717) is 10.6 Å². The van der Waals surface area contributed by atoms with Crippen molar-refractivity contribution >= 4 is 33.2 Å². The van der Waals surface area contributed by atoms with E-state index in [2.05, 4.69) is 32.6 Å². The number of allylic oxidation sites excluding steroid dienone is 1. The number of halogens is 2. The summed E-state index contributed by atoms with van der Waals surface area (Å²) in [4.78, 5) is 4.07. The van der Waals surface area contributed by atoms with Crippen molar-refractivity contribution in [3.8, 4) is 0 Å². The maximum absolute atomic E-state index is 5.78. The molecule has 0 aromatic carbocycles. The highest BCUT2D eigenvalue weighted by Crippen LogP contribution is 2.10. The largest absolute Gasteiger partial charge is 0.269 e. The number of aromatic nitrogens is 2. The Balaban J connectivity index is 0.000000921. The third-order valence-corrected chi connectivity index (χ3v) is 2.20. The zero-order valence-electron chi connectivity index (χ0n) is 9.38. The molecule has 0 spiro atoms. The van der Waals surface area contributed by atoms with E-state index in [4.69, 9.17) is 11.6 Å². The van der Waals surface area contributed by atoms with Crippen LogP contribution in [-0.2, 0) is 0 Å². The Morgan fingerprint density at radius 3 is 2.53 bits per heavy atom. The van der Waals surface area contributed by atoms with Crippen molar-refractivity contribution in [2.45, 2.75) is 20.8 Å². The van der Waals surface area contributed by atoms with Crippen LogP contribution >= 0.6 is 27.5 Å². The van der Waals surface area contributed by atoms with Crippen molar-refractivity contribution in [2.24, 2.45) is 4.99 Å². The van der Waals surface area contributed by atoms with Gasteiger partial charge in [-0.3, -0.25) is 4.99 Å². The first kappa shape index (κ1) is 14.4. The molecule has 0 saturated heterocycles. The van der Waals surface area contributed by atoms with Crippen LogP contribution in [0.3, 0.4) is 0 Å². The summed E-state index contributed by atoms with van der Waals surface area (Å²) >= 11 is 9.12. The molecule has 0 atom stereocenters. The predicted molar refractivity (Wildman–Crippen MR) is 68.8 cm³/mol. The Bertz CT molecular complexity index is 410. The maximum Gasteiger partial charge on any atom is 0.163 e. The van der Waals surface area contributed by atoms with Crippen LogP contribution in [-0.4, -0.2) is 16.8 Å². The molecule has 0 unspecified atom stereocenters. The van der Waals surface area contributed by atoms with Gasteiger partial charge in [0.15, 0.2) is 10.6 Å². The number of nitrogens with zero attached hydrogens (tertiary/aromatic N) is 3. The van der Waals surface area contributed by atoms with Gasteiger partial charge >= 0.3 is 0 Å². The van der Waals surface area contributed by atoms with Crippen LogP contribution in [0.4, 0.5) is 0 Å². The van der Waals surface area contributed by atoms with E-state index in [0.717, 1.165) is 10.2 Å². The van der Waals surface area contributed by atoms with Crippen molar-refractivity contribution < 1.29 is 0 Å². The van der Waals surface area contributed by atoms with Crippen LogP contribution in [0.25, 0.3) is 5.70 Å². The van der Waals surface area contributed by atoms with Crippen LogP contribution in [0, 0.1) is 0 Å². The van der Waals surface area contributed by atoms with Crippen molar-refractivity contribution in [3.63, 3.8) is 0 Å². The summed E-state index contributed by atoms with van der Waals surface area (Å²) in [7, 11) is 1.69. The van der Waals surface area contributed by atoms with Gasteiger partial charge in [-0.15, -0.1) is 0 Å². The molecule has 1 aromatic heterocycles. The summed E-state index contributed by atoms with van der Waals surface area (Å²) < 4.78 is 2.39. The third-order valence-electron chi connectivity index (χ3n) is 1.43. The van der Waals surface area contributed by atoms with Gasteiger partial charge in [0, 0.05) is 12.7 Å². The third kappa shape index (κ3) is 3.80. The molecular formula is C10H15BrClN3. The molecule has 3 nitrogen and oxygen atoms in total. The van der Waals surface area contributed by atoms with E-state index in [9.17, 15) is 0 Å². The van der Waals surface area contributed by atoms with E-state index in [1.165, 1.54) is 0 Å². The second-order valence-electron chi connectivity index (χ2n) is 2.51. The van der Waals surface area contributed by atoms with Crippen LogP contribution in [0.1, 0.15) is 20.8 Å². The average molecular weight is 293 g/mol. The first-order valence-electron chi connectivity index (χ1n) is 4.60. The molecule has 0 aliphatic heterocycles. The summed E-state index contributed by atoms with van der Waals surface area (Å²) in [5.74, 6) is 0. The summed E-state index contributed by atoms with van der Waals surface area (Å²) in [6.07, 6.45) is 0. The molecule has 0 fully saturated rings. The minimum atomic E-state index is 0.405. The van der Waals surface area contributed by atoms with E-state index in [-0.39, 0.29) is 0 Å². The molecule has 0 radical (unpaired) electrons. The molecular weight excluding hydrogens is 277 g/mol. The number of rotatable bonds is 1. The van der Waals surface area contributed by atoms with Crippen molar-refractivity contribution in [1.29, 1.82) is 0 Å². The Hall–Kier alpha value is -0.610. The molecule has 0 saturated carbocycles. The van der Waals surface area contributed by atoms with Gasteiger partial charge in [-0.1, -0.05) is 32.0 Å². The number of hydrogen-bond donors (Lipinski definition) is 0. The summed E-state index contributed by atoms with van der Waals surface area (Å²) in [5.41, 5.74) is 1.47. The molecule has 0 bridgehead atoms. The molecule has 0 amide bonds. The second-order valence-corrected chi connectivity index (χ2v) is 3.75. The molecule has 0 aliphatic rings. The van der Waals surface area contributed by atoms with Crippen LogP contribution in [0.2, 0.25) is 5.15 Å². The smallest absolute Gasteiger partial charge is 0.163 e. The summed E-state index contributed by atoms with van der Waals surface area (Å²) in [6, 6.07) is 1.70. The zero-order valence-corrected chi connectivity index (χ0v) is 11.7. The van der Waals surface area contributed by atoms with Gasteiger partial charge in [0.25, 0.3) is 0 Å². The minimum Gasteiger partial charge on any atom is -0.269 e. The molecule has 1 rings (SSSR count). The molecule has 1 heterocycles. The topological polar surface area (TPSA) is 30.2 Å². The van der Waals surface area contributed by atoms with Crippen molar-refractivity contribution in [1.82, 2.24) is 9.78 Å². The highest BCUT2D eigenvalue weighted by atomic mass is 79.9. The number of hydrogen-bond acceptors (Lipinski definition) is 2. The lowest BCUT2D eigenvalue weighted by Gasteiger charge is -2.06. The lowest BCUT2D eigenvalue weighted by Crippen LogP contribution is -2.23. The maximum atomic E-state index is 5.78. The zero-order chi connectivity index (χ0) is 12.0. The van der Waals surface area contributed by atoms with E-state index in [1.54, 1.807) is 17.8 Å². The summed E-state index contributed by atoms with van der Waals surface area (Å²) in [6.45, 7) is 9.61. The lowest BCUT2D eigenvalue weighted by molar-refractivity contribution is 0.790. The van der Waals surface area contributed by atoms with Gasteiger partial charge in [-0.05, 0) is 28.9 Å². The first-order valence-corrected chi connectivity index (χ1v) is 5.77. The van der Waals surface area contributed by atoms with Crippen molar-refractivity contribution in [3.05, 3.63) is 27.8 Å². The quantitative estimate of drug-likeness (QED) is 0.781. The van der Waals surface area contributed by atoms with Crippen LogP contribution in [0.5, 0.6) is 0 Å². The molecule has 1 aromatic rings. The second kappa shape index (κ2) is 6.80. The van der Waals surface area contributed by atoms with Crippen molar-refractivity contribution in [2.75, 3.05) is 7.05 Å².